The lowest BCUT2D eigenvalue weighted by Gasteiger charge is -2.39. The van der Waals surface area contributed by atoms with Gasteiger partial charge in [-0.05, 0) is 25.5 Å². The van der Waals surface area contributed by atoms with E-state index >= 15 is 0 Å². The van der Waals surface area contributed by atoms with Crippen LogP contribution in [0.15, 0.2) is 42.0 Å². The summed E-state index contributed by atoms with van der Waals surface area (Å²) >= 11 is 18.3. The lowest BCUT2D eigenvalue weighted by atomic mass is 9.94. The minimum atomic E-state index is -1.72. The van der Waals surface area contributed by atoms with Crippen molar-refractivity contribution in [1.29, 1.82) is 0 Å². The maximum atomic E-state index is 12.6. The predicted molar refractivity (Wildman–Crippen MR) is 111 cm³/mol. The van der Waals surface area contributed by atoms with Crippen molar-refractivity contribution < 1.29 is 19.1 Å². The maximum absolute atomic E-state index is 12.6. The fraction of sp³-hybridized carbons (Fsp3) is 0.421. The molecule has 150 valence electrons. The van der Waals surface area contributed by atoms with Crippen molar-refractivity contribution in [3.63, 3.8) is 0 Å². The van der Waals surface area contributed by atoms with Crippen molar-refractivity contribution in [2.75, 3.05) is 6.61 Å². The van der Waals surface area contributed by atoms with E-state index in [1.54, 1.807) is 0 Å². The Balaban J connectivity index is 1.72. The molecular weight excluding hydrogens is 445 g/mol. The monoisotopic (exact) mass is 461 g/mol. The molecule has 1 aromatic rings. The van der Waals surface area contributed by atoms with E-state index < -0.39 is 27.2 Å². The number of thioether (sulfide) groups is 1. The first kappa shape index (κ1) is 21.5. The van der Waals surface area contributed by atoms with E-state index in [9.17, 15) is 14.4 Å². The number of halogens is 3. The molecule has 2 saturated heterocycles. The van der Waals surface area contributed by atoms with Gasteiger partial charge in [0, 0.05) is 11.2 Å². The zero-order valence-corrected chi connectivity index (χ0v) is 18.2. The number of benzene rings is 1. The Morgan fingerprint density at radius 3 is 2.50 bits per heavy atom. The van der Waals surface area contributed by atoms with Gasteiger partial charge in [0.2, 0.25) is 3.79 Å². The molecule has 2 atom stereocenters. The van der Waals surface area contributed by atoms with Crippen LogP contribution in [0.5, 0.6) is 0 Å². The smallest absolute Gasteiger partial charge is 0.330 e. The molecule has 1 amide bonds. The summed E-state index contributed by atoms with van der Waals surface area (Å²) in [6, 6.07) is 8.48. The number of ketones is 1. The molecule has 0 aromatic heterocycles. The molecule has 0 bridgehead atoms. The summed E-state index contributed by atoms with van der Waals surface area (Å²) in [5.74, 6) is -1.13. The number of carbonyl (C=O) groups excluding carboxylic acids is 3. The number of hydrogen-bond acceptors (Lipinski definition) is 5. The van der Waals surface area contributed by atoms with E-state index in [0.29, 0.717) is 5.57 Å². The Hall–Kier alpha value is -1.21. The maximum Gasteiger partial charge on any atom is 0.330 e. The van der Waals surface area contributed by atoms with Crippen molar-refractivity contribution in [3.05, 3.63) is 47.5 Å². The molecular formula is C19H18Cl3NO4S. The van der Waals surface area contributed by atoms with E-state index in [0.717, 1.165) is 5.56 Å². The van der Waals surface area contributed by atoms with E-state index in [1.807, 2.05) is 44.2 Å². The Morgan fingerprint density at radius 2 is 1.89 bits per heavy atom. The summed E-state index contributed by atoms with van der Waals surface area (Å²) in [5.41, 5.74) is 1.27. The first-order valence-electron chi connectivity index (χ1n) is 8.52. The van der Waals surface area contributed by atoms with Gasteiger partial charge in [0.05, 0.1) is 5.57 Å². The van der Waals surface area contributed by atoms with E-state index in [2.05, 4.69) is 0 Å². The second kappa shape index (κ2) is 7.90. The van der Waals surface area contributed by atoms with Crippen LogP contribution in [0.25, 0.3) is 0 Å². The fourth-order valence-electron chi connectivity index (χ4n) is 3.29. The number of nitrogens with zero attached hydrogens (tertiary/aromatic N) is 1. The van der Waals surface area contributed by atoms with Crippen LogP contribution in [-0.2, 0) is 25.5 Å². The third kappa shape index (κ3) is 4.51. The van der Waals surface area contributed by atoms with Crippen LogP contribution in [0.3, 0.4) is 0 Å². The summed E-state index contributed by atoms with van der Waals surface area (Å²) in [6.07, 6.45) is 1.60. The molecule has 9 heteroatoms. The lowest BCUT2D eigenvalue weighted by molar-refractivity contribution is -0.157. The standard InChI is InChI=1S/C19H18Cl3NO4S/c1-18(2)14(17(26)27-10-19(20,21)22)23-15(25)13(16(23)28-18)9-12(24)8-11-6-4-3-5-7-11/h3-7,9,14,16H,8,10H2,1-2H3/b13-9-/t14-,16+/m0/s1. The van der Waals surface area contributed by atoms with Gasteiger partial charge in [-0.1, -0.05) is 65.1 Å². The zero-order valence-electron chi connectivity index (χ0n) is 15.2. The van der Waals surface area contributed by atoms with Crippen molar-refractivity contribution in [3.8, 4) is 0 Å². The van der Waals surface area contributed by atoms with Gasteiger partial charge < -0.3 is 9.64 Å². The lowest BCUT2D eigenvalue weighted by Crippen LogP contribution is -2.59. The number of rotatable bonds is 5. The number of fused-ring (bicyclic) bond motifs is 1. The molecule has 0 aliphatic carbocycles. The number of alkyl halides is 3. The van der Waals surface area contributed by atoms with Crippen molar-refractivity contribution in [2.45, 2.75) is 40.2 Å². The van der Waals surface area contributed by atoms with Crippen molar-refractivity contribution >= 4 is 64.2 Å². The summed E-state index contributed by atoms with van der Waals surface area (Å²) in [6.45, 7) is 3.28. The highest BCUT2D eigenvalue weighted by molar-refractivity contribution is 8.01. The number of hydrogen-bond donors (Lipinski definition) is 0. The van der Waals surface area contributed by atoms with Crippen LogP contribution in [0.1, 0.15) is 19.4 Å². The molecule has 2 aliphatic heterocycles. The Labute approximate surface area is 182 Å². The average molecular weight is 463 g/mol. The van der Waals surface area contributed by atoms with Gasteiger partial charge in [-0.15, -0.1) is 11.8 Å². The fourth-order valence-corrected chi connectivity index (χ4v) is 4.99. The number of amides is 1. The molecule has 0 radical (unpaired) electrons. The topological polar surface area (TPSA) is 63.7 Å². The van der Waals surface area contributed by atoms with Crippen molar-refractivity contribution in [1.82, 2.24) is 4.90 Å². The quantitative estimate of drug-likeness (QED) is 0.289. The van der Waals surface area contributed by atoms with Gasteiger partial charge in [0.1, 0.15) is 18.0 Å². The predicted octanol–water partition coefficient (Wildman–Crippen LogP) is 3.70. The van der Waals surface area contributed by atoms with Crippen LogP contribution in [0.4, 0.5) is 0 Å². The number of β-lactam (4-membered cyclic amide) rings is 1. The molecule has 0 spiro atoms. The van der Waals surface area contributed by atoms with Gasteiger partial charge in [-0.3, -0.25) is 9.59 Å². The number of esters is 1. The molecule has 1 aromatic carbocycles. The first-order chi connectivity index (χ1) is 13.0. The second-order valence-electron chi connectivity index (χ2n) is 7.14. The average Bonchev–Trinajstić information content (AvgIpc) is 2.86. The molecule has 0 N–H and O–H groups in total. The number of allylic oxidation sites excluding steroid dienone is 1. The third-order valence-electron chi connectivity index (χ3n) is 4.49. The molecule has 3 rings (SSSR count). The number of ether oxygens (including phenoxy) is 1. The van der Waals surface area contributed by atoms with Crippen LogP contribution in [-0.4, -0.2) is 49.1 Å². The highest BCUT2D eigenvalue weighted by Crippen LogP contribution is 2.53. The molecule has 2 heterocycles. The van der Waals surface area contributed by atoms with Gasteiger partial charge >= 0.3 is 5.97 Å². The Kier molecular flexibility index (Phi) is 6.07. The molecule has 0 unspecified atom stereocenters. The molecule has 28 heavy (non-hydrogen) atoms. The van der Waals surface area contributed by atoms with Gasteiger partial charge in [0.25, 0.3) is 5.91 Å². The van der Waals surface area contributed by atoms with Crippen LogP contribution in [0.2, 0.25) is 0 Å². The van der Waals surface area contributed by atoms with E-state index in [4.69, 9.17) is 39.5 Å². The minimum Gasteiger partial charge on any atom is -0.460 e. The molecule has 2 aliphatic rings. The van der Waals surface area contributed by atoms with E-state index in [-0.39, 0.29) is 23.5 Å². The minimum absolute atomic E-state index is 0.158. The van der Waals surface area contributed by atoms with Crippen LogP contribution < -0.4 is 0 Å². The van der Waals surface area contributed by atoms with Gasteiger partial charge in [-0.2, -0.15) is 0 Å². The third-order valence-corrected chi connectivity index (χ3v) is 6.35. The molecule has 2 fully saturated rings. The number of carbonyl (C=O) groups is 3. The zero-order chi connectivity index (χ0) is 20.7. The second-order valence-corrected chi connectivity index (χ2v) is 11.4. The summed E-state index contributed by atoms with van der Waals surface area (Å²) in [7, 11) is 0. The largest absolute Gasteiger partial charge is 0.460 e. The SMILES string of the molecule is CC1(C)S[C@@H]2/C(=C\C(=O)Cc3ccccc3)C(=O)N2[C@H]1C(=O)OCC(Cl)(Cl)Cl. The first-order valence-corrected chi connectivity index (χ1v) is 10.5. The highest BCUT2D eigenvalue weighted by Gasteiger charge is 2.62. The Morgan fingerprint density at radius 1 is 1.25 bits per heavy atom. The normalized spacial score (nSPS) is 24.7. The van der Waals surface area contributed by atoms with E-state index in [1.165, 1.54) is 22.7 Å². The highest BCUT2D eigenvalue weighted by atomic mass is 35.6. The summed E-state index contributed by atoms with van der Waals surface area (Å²) in [4.78, 5) is 38.9. The van der Waals surface area contributed by atoms with Crippen LogP contribution in [0, 0.1) is 0 Å². The van der Waals surface area contributed by atoms with Gasteiger partial charge in [0.15, 0.2) is 5.78 Å². The molecule has 0 saturated carbocycles. The molecule has 5 nitrogen and oxygen atoms in total. The van der Waals surface area contributed by atoms with Crippen LogP contribution >= 0.6 is 46.6 Å². The van der Waals surface area contributed by atoms with Crippen molar-refractivity contribution in [2.24, 2.45) is 0 Å². The summed E-state index contributed by atoms with van der Waals surface area (Å²) in [5, 5.41) is -0.368. The summed E-state index contributed by atoms with van der Waals surface area (Å²) < 4.78 is 2.76. The Bertz CT molecular complexity index is 835. The van der Waals surface area contributed by atoms with Gasteiger partial charge in [-0.25, -0.2) is 4.79 Å².